The molecule has 0 fully saturated rings. The number of nitrogens with zero attached hydrogens (tertiary/aromatic N) is 1. The molecule has 0 saturated carbocycles. The molecule has 130 valence electrons. The maximum Gasteiger partial charge on any atom is 0.262 e. The average molecular weight is 376 g/mol. The molecule has 2 aromatic rings. The van der Waals surface area contributed by atoms with Crippen LogP contribution in [-0.4, -0.2) is 21.6 Å². The molecule has 0 bridgehead atoms. The van der Waals surface area contributed by atoms with Crippen molar-refractivity contribution in [1.29, 1.82) is 5.26 Å². The minimum atomic E-state index is -3.76. The van der Waals surface area contributed by atoms with Gasteiger partial charge in [-0.15, -0.1) is 0 Å². The van der Waals surface area contributed by atoms with Gasteiger partial charge in [-0.2, -0.15) is 5.26 Å². The van der Waals surface area contributed by atoms with Crippen LogP contribution in [0, 0.1) is 10.7 Å². The van der Waals surface area contributed by atoms with Gasteiger partial charge < -0.3 is 9.47 Å². The fourth-order valence-corrected chi connectivity index (χ4v) is 4.03. The maximum atomic E-state index is 12.7. The average Bonchev–Trinajstić information content (AvgIpc) is 2.62. The molecule has 1 N–H and O–H groups in total. The molecule has 0 aliphatic carbocycles. The smallest absolute Gasteiger partial charge is 0.262 e. The maximum absolute atomic E-state index is 12.7. The molecular formula is C17H16N2O4S2. The zero-order chi connectivity index (χ0) is 17.9. The van der Waals surface area contributed by atoms with Crippen molar-refractivity contribution in [3.05, 3.63) is 42.0 Å². The molecule has 0 unspecified atom stereocenters. The topological polar surface area (TPSA) is 88.4 Å². The number of nitrogens with one attached hydrogen (secondary N) is 1. The number of thioether (sulfide) groups is 1. The first-order valence-electron chi connectivity index (χ1n) is 7.65. The molecule has 1 heterocycles. The van der Waals surface area contributed by atoms with Crippen LogP contribution in [0.15, 0.2) is 46.2 Å². The van der Waals surface area contributed by atoms with E-state index in [0.29, 0.717) is 36.8 Å². The van der Waals surface area contributed by atoms with Gasteiger partial charge >= 0.3 is 0 Å². The molecule has 1 aliphatic heterocycles. The summed E-state index contributed by atoms with van der Waals surface area (Å²) in [6.45, 7) is 2.77. The lowest BCUT2D eigenvalue weighted by atomic mass is 10.1. The van der Waals surface area contributed by atoms with Crippen molar-refractivity contribution in [3.8, 4) is 16.9 Å². The first-order valence-corrected chi connectivity index (χ1v) is 9.95. The summed E-state index contributed by atoms with van der Waals surface area (Å²) >= 11 is 1.04. The first kappa shape index (κ1) is 17.5. The van der Waals surface area contributed by atoms with Crippen molar-refractivity contribution in [2.75, 3.05) is 17.9 Å². The minimum absolute atomic E-state index is 0.106. The van der Waals surface area contributed by atoms with Gasteiger partial charge in [0.05, 0.1) is 10.6 Å². The normalized spacial score (nSPS) is 13.1. The number of nitriles is 1. The Morgan fingerprint density at radius 2 is 1.92 bits per heavy atom. The van der Waals surface area contributed by atoms with Gasteiger partial charge in [-0.1, -0.05) is 6.92 Å². The van der Waals surface area contributed by atoms with Gasteiger partial charge in [-0.05, 0) is 54.1 Å². The number of sulfonamides is 1. The summed E-state index contributed by atoms with van der Waals surface area (Å²) in [5.41, 5.74) is 1.32. The van der Waals surface area contributed by atoms with Crippen LogP contribution >= 0.6 is 11.8 Å². The molecule has 8 heteroatoms. The molecule has 3 rings (SSSR count). The van der Waals surface area contributed by atoms with Crippen molar-refractivity contribution in [2.45, 2.75) is 23.1 Å². The molecule has 2 aromatic carbocycles. The molecule has 0 saturated heterocycles. The number of ether oxygens (including phenoxy) is 2. The Hall–Kier alpha value is -2.37. The van der Waals surface area contributed by atoms with Gasteiger partial charge in [0.1, 0.15) is 18.6 Å². The monoisotopic (exact) mass is 376 g/mol. The summed E-state index contributed by atoms with van der Waals surface area (Å²) in [5.74, 6) is 0.961. The third-order valence-electron chi connectivity index (χ3n) is 3.69. The van der Waals surface area contributed by atoms with Gasteiger partial charge in [0.25, 0.3) is 10.0 Å². The van der Waals surface area contributed by atoms with E-state index in [4.69, 9.17) is 14.7 Å². The van der Waals surface area contributed by atoms with Crippen molar-refractivity contribution in [3.63, 3.8) is 0 Å². The molecule has 0 radical (unpaired) electrons. The summed E-state index contributed by atoms with van der Waals surface area (Å²) < 4.78 is 38.9. The molecule has 0 amide bonds. The van der Waals surface area contributed by atoms with Gasteiger partial charge in [-0.25, -0.2) is 8.42 Å². The fraction of sp³-hybridized carbons (Fsp3) is 0.235. The van der Waals surface area contributed by atoms with Crippen molar-refractivity contribution in [2.24, 2.45) is 0 Å². The highest BCUT2D eigenvalue weighted by Crippen LogP contribution is 2.33. The lowest BCUT2D eigenvalue weighted by Crippen LogP contribution is -2.17. The SMILES string of the molecule is CCc1cc(SC#N)ccc1NS(=O)(=O)c1ccc2c(c1)OCCO2. The molecule has 0 aromatic heterocycles. The van der Waals surface area contributed by atoms with Gasteiger partial charge in [-0.3, -0.25) is 4.72 Å². The molecule has 6 nitrogen and oxygen atoms in total. The highest BCUT2D eigenvalue weighted by atomic mass is 32.2. The summed E-state index contributed by atoms with van der Waals surface area (Å²) in [6.07, 6.45) is 0.638. The number of thiocyanates is 1. The Morgan fingerprint density at radius 3 is 2.64 bits per heavy atom. The predicted octanol–water partition coefficient (Wildman–Crippen LogP) is 3.39. The summed E-state index contributed by atoms with van der Waals surface area (Å²) in [5, 5.41) is 10.8. The molecular weight excluding hydrogens is 360 g/mol. The molecule has 0 atom stereocenters. The number of hydrogen-bond donors (Lipinski definition) is 1. The standard InChI is InChI=1S/C17H16N2O4S2/c1-2-12-9-13(24-11-18)3-5-15(12)19-25(20,21)14-4-6-16-17(10-14)23-8-7-22-16/h3-6,9-10,19H,2,7-8H2,1H3. The third kappa shape index (κ3) is 3.83. The zero-order valence-electron chi connectivity index (χ0n) is 13.5. The van der Waals surface area contributed by atoms with E-state index in [1.54, 1.807) is 18.2 Å². The number of benzene rings is 2. The van der Waals surface area contributed by atoms with Gasteiger partial charge in [0, 0.05) is 11.0 Å². The Morgan fingerprint density at radius 1 is 1.16 bits per heavy atom. The number of rotatable bonds is 5. The quantitative estimate of drug-likeness (QED) is 0.636. The fourth-order valence-electron chi connectivity index (χ4n) is 2.47. The first-order chi connectivity index (χ1) is 12.0. The number of hydrogen-bond acceptors (Lipinski definition) is 6. The third-order valence-corrected chi connectivity index (χ3v) is 5.63. The Labute approximate surface area is 150 Å². The minimum Gasteiger partial charge on any atom is -0.486 e. The summed E-state index contributed by atoms with van der Waals surface area (Å²) in [4.78, 5) is 0.885. The lowest BCUT2D eigenvalue weighted by Gasteiger charge is -2.19. The number of anilines is 1. The van der Waals surface area contributed by atoms with Crippen LogP contribution in [0.25, 0.3) is 0 Å². The van der Waals surface area contributed by atoms with E-state index in [2.05, 4.69) is 4.72 Å². The van der Waals surface area contributed by atoms with E-state index in [-0.39, 0.29) is 4.90 Å². The van der Waals surface area contributed by atoms with Crippen LogP contribution in [-0.2, 0) is 16.4 Å². The second kappa shape index (κ2) is 7.25. The van der Waals surface area contributed by atoms with Crippen LogP contribution in [0.2, 0.25) is 0 Å². The van der Waals surface area contributed by atoms with Crippen molar-refractivity contribution < 1.29 is 17.9 Å². The van der Waals surface area contributed by atoms with Crippen LogP contribution in [0.4, 0.5) is 5.69 Å². The van der Waals surface area contributed by atoms with E-state index in [9.17, 15) is 8.42 Å². The van der Waals surface area contributed by atoms with E-state index in [1.165, 1.54) is 12.1 Å². The Kier molecular flexibility index (Phi) is 5.06. The van der Waals surface area contributed by atoms with Crippen LogP contribution in [0.5, 0.6) is 11.5 Å². The van der Waals surface area contributed by atoms with Crippen LogP contribution < -0.4 is 14.2 Å². The van der Waals surface area contributed by atoms with Crippen molar-refractivity contribution in [1.82, 2.24) is 0 Å². The summed E-state index contributed by atoms with van der Waals surface area (Å²) in [6, 6.07) is 9.75. The van der Waals surface area contributed by atoms with Crippen molar-refractivity contribution >= 4 is 27.5 Å². The second-order valence-electron chi connectivity index (χ2n) is 5.28. The molecule has 25 heavy (non-hydrogen) atoms. The molecule has 0 spiro atoms. The molecule has 1 aliphatic rings. The predicted molar refractivity (Wildman–Crippen MR) is 95.5 cm³/mol. The summed E-state index contributed by atoms with van der Waals surface area (Å²) in [7, 11) is -3.76. The van der Waals surface area contributed by atoms with Gasteiger partial charge in [0.15, 0.2) is 11.5 Å². The van der Waals surface area contributed by atoms with E-state index in [0.717, 1.165) is 22.2 Å². The Bertz CT molecular complexity index is 936. The number of fused-ring (bicyclic) bond motifs is 1. The van der Waals surface area contributed by atoms with Crippen LogP contribution in [0.3, 0.4) is 0 Å². The van der Waals surface area contributed by atoms with E-state index >= 15 is 0 Å². The van der Waals surface area contributed by atoms with Crippen LogP contribution in [0.1, 0.15) is 12.5 Å². The second-order valence-corrected chi connectivity index (χ2v) is 7.82. The Balaban J connectivity index is 1.90. The highest BCUT2D eigenvalue weighted by molar-refractivity contribution is 8.03. The largest absolute Gasteiger partial charge is 0.486 e. The highest BCUT2D eigenvalue weighted by Gasteiger charge is 2.20. The lowest BCUT2D eigenvalue weighted by molar-refractivity contribution is 0.171. The van der Waals surface area contributed by atoms with E-state index in [1.807, 2.05) is 18.4 Å². The number of aryl methyl sites for hydroxylation is 1. The zero-order valence-corrected chi connectivity index (χ0v) is 15.1. The van der Waals surface area contributed by atoms with Gasteiger partial charge in [0.2, 0.25) is 0 Å². The van der Waals surface area contributed by atoms with E-state index < -0.39 is 10.0 Å².